The first kappa shape index (κ1) is 22.7. The molecule has 3 rings (SSSR count). The quantitative estimate of drug-likeness (QED) is 0.301. The van der Waals surface area contributed by atoms with Gasteiger partial charge < -0.3 is 20.1 Å². The Labute approximate surface area is 183 Å². The molecule has 3 aromatic rings. The maximum atomic E-state index is 12.8. The highest BCUT2D eigenvalue weighted by molar-refractivity contribution is 6.45. The number of nitrogens with zero attached hydrogens (tertiary/aromatic N) is 1. The number of halogens is 1. The van der Waals surface area contributed by atoms with Gasteiger partial charge in [0.1, 0.15) is 12.4 Å². The van der Waals surface area contributed by atoms with Gasteiger partial charge in [0.2, 0.25) is 0 Å². The maximum Gasteiger partial charge on any atom is 0.341 e. The first-order valence-corrected chi connectivity index (χ1v) is 9.87. The Morgan fingerprint density at radius 3 is 2.62 bits per heavy atom. The molecule has 0 aliphatic heterocycles. The van der Waals surface area contributed by atoms with E-state index in [1.807, 2.05) is 29.7 Å². The number of amides is 1. The zero-order valence-electron chi connectivity index (χ0n) is 17.7. The lowest BCUT2D eigenvalue weighted by Crippen LogP contribution is -2.24. The van der Waals surface area contributed by atoms with Crippen LogP contribution in [0.4, 0.5) is 4.39 Å². The van der Waals surface area contributed by atoms with Gasteiger partial charge in [0.25, 0.3) is 11.7 Å². The Kier molecular flexibility index (Phi) is 6.73. The van der Waals surface area contributed by atoms with Crippen LogP contribution < -0.4 is 10.5 Å². The molecule has 0 atom stereocenters. The highest BCUT2D eigenvalue weighted by Crippen LogP contribution is 2.40. The molecule has 1 heterocycles. The van der Waals surface area contributed by atoms with Gasteiger partial charge in [0.15, 0.2) is 6.61 Å². The number of aromatic nitrogens is 1. The number of primary amides is 1. The first-order valence-electron chi connectivity index (χ1n) is 9.87. The second-order valence-electron chi connectivity index (χ2n) is 7.34. The summed E-state index contributed by atoms with van der Waals surface area (Å²) in [5.74, 6) is -2.99. The lowest BCUT2D eigenvalue weighted by Gasteiger charge is -2.12. The summed E-state index contributed by atoms with van der Waals surface area (Å²) in [7, 11) is 0. The molecule has 1 amide bonds. The number of hydrogen-bond donors (Lipinski definition) is 2. The van der Waals surface area contributed by atoms with Crippen LogP contribution in [-0.2, 0) is 16.1 Å². The van der Waals surface area contributed by atoms with Crippen LogP contribution in [0, 0.1) is 6.92 Å². The molecule has 8 heteroatoms. The fourth-order valence-electron chi connectivity index (χ4n) is 3.73. The number of rotatable bonds is 9. The van der Waals surface area contributed by atoms with Gasteiger partial charge in [0, 0.05) is 17.6 Å². The second-order valence-corrected chi connectivity index (χ2v) is 7.34. The number of carboxylic acid groups (broad SMARTS) is 1. The average Bonchev–Trinajstić information content (AvgIpc) is 3.01. The number of carbonyl (C=O) groups excluding carboxylic acids is 2. The Bertz CT molecular complexity index is 1290. The van der Waals surface area contributed by atoms with Crippen molar-refractivity contribution in [3.8, 4) is 5.75 Å². The van der Waals surface area contributed by atoms with E-state index >= 15 is 0 Å². The number of carboxylic acids is 1. The zero-order valence-corrected chi connectivity index (χ0v) is 17.7. The van der Waals surface area contributed by atoms with E-state index in [4.69, 9.17) is 15.6 Å². The van der Waals surface area contributed by atoms with Gasteiger partial charge in [-0.15, -0.1) is 0 Å². The number of aliphatic carboxylic acids is 1. The van der Waals surface area contributed by atoms with Crippen molar-refractivity contribution in [2.75, 3.05) is 13.3 Å². The molecule has 32 heavy (non-hydrogen) atoms. The van der Waals surface area contributed by atoms with Crippen molar-refractivity contribution in [1.29, 1.82) is 0 Å². The third kappa shape index (κ3) is 4.39. The number of benzene rings is 2. The van der Waals surface area contributed by atoms with Crippen molar-refractivity contribution in [3.05, 3.63) is 65.4 Å². The average molecular weight is 438 g/mol. The van der Waals surface area contributed by atoms with E-state index in [0.717, 1.165) is 11.0 Å². The molecular formula is C24H23FN2O5. The highest BCUT2D eigenvalue weighted by atomic mass is 19.1. The highest BCUT2D eigenvalue weighted by Gasteiger charge is 2.27. The van der Waals surface area contributed by atoms with Gasteiger partial charge >= 0.3 is 5.97 Å². The normalized spacial score (nSPS) is 12.0. The predicted octanol–water partition coefficient (Wildman–Crippen LogP) is 3.71. The topological polar surface area (TPSA) is 112 Å². The van der Waals surface area contributed by atoms with E-state index in [2.05, 4.69) is 0 Å². The van der Waals surface area contributed by atoms with Gasteiger partial charge in [-0.3, -0.25) is 9.59 Å². The predicted molar refractivity (Wildman–Crippen MR) is 120 cm³/mol. The Morgan fingerprint density at radius 2 is 1.97 bits per heavy atom. The third-order valence-electron chi connectivity index (χ3n) is 5.09. The molecule has 0 bridgehead atoms. The van der Waals surface area contributed by atoms with Crippen molar-refractivity contribution < 1.29 is 28.6 Å². The number of fused-ring (bicyclic) bond motifs is 2. The lowest BCUT2D eigenvalue weighted by atomic mass is 10.0. The van der Waals surface area contributed by atoms with Crippen LogP contribution in [0.25, 0.3) is 21.7 Å². The fourth-order valence-corrected chi connectivity index (χ4v) is 3.73. The molecule has 0 aliphatic carbocycles. The van der Waals surface area contributed by atoms with Crippen LogP contribution in [0.3, 0.4) is 0 Å². The van der Waals surface area contributed by atoms with Crippen LogP contribution in [0.5, 0.6) is 5.75 Å². The summed E-state index contributed by atoms with van der Waals surface area (Å²) in [5, 5.41) is 10.9. The van der Waals surface area contributed by atoms with Crippen LogP contribution in [0.2, 0.25) is 0 Å². The van der Waals surface area contributed by atoms with Crippen molar-refractivity contribution in [1.82, 2.24) is 4.57 Å². The Balaban J connectivity index is 2.37. The maximum absolute atomic E-state index is 12.8. The van der Waals surface area contributed by atoms with Gasteiger partial charge in [-0.05, 0) is 25.3 Å². The largest absolute Gasteiger partial charge is 0.481 e. The van der Waals surface area contributed by atoms with E-state index in [1.54, 1.807) is 31.2 Å². The van der Waals surface area contributed by atoms with Crippen molar-refractivity contribution in [2.45, 2.75) is 20.4 Å². The van der Waals surface area contributed by atoms with Gasteiger partial charge in [-0.1, -0.05) is 48.1 Å². The van der Waals surface area contributed by atoms with Gasteiger partial charge in [-0.2, -0.15) is 0 Å². The van der Waals surface area contributed by atoms with E-state index < -0.39 is 30.9 Å². The summed E-state index contributed by atoms with van der Waals surface area (Å²) in [6.07, 6.45) is 4.73. The first-order chi connectivity index (χ1) is 15.3. The van der Waals surface area contributed by atoms with Crippen molar-refractivity contribution >= 4 is 39.3 Å². The summed E-state index contributed by atoms with van der Waals surface area (Å²) in [6.45, 7) is 2.69. The smallest absolute Gasteiger partial charge is 0.341 e. The van der Waals surface area contributed by atoms with E-state index in [1.165, 1.54) is 6.08 Å². The van der Waals surface area contributed by atoms with Gasteiger partial charge in [0.05, 0.1) is 16.5 Å². The fraction of sp³-hybridized carbons (Fsp3) is 0.208. The van der Waals surface area contributed by atoms with E-state index in [0.29, 0.717) is 28.5 Å². The molecule has 2 aromatic carbocycles. The summed E-state index contributed by atoms with van der Waals surface area (Å²) in [5.41, 5.74) is 7.34. The summed E-state index contributed by atoms with van der Waals surface area (Å²) < 4.78 is 19.8. The third-order valence-corrected chi connectivity index (χ3v) is 5.09. The van der Waals surface area contributed by atoms with Crippen LogP contribution in [0.15, 0.2) is 54.1 Å². The number of allylic oxidation sites excluding steroid dienone is 4. The molecule has 3 N–H and O–H groups in total. The molecular weight excluding hydrogens is 415 g/mol. The molecule has 166 valence electrons. The van der Waals surface area contributed by atoms with Crippen LogP contribution in [-0.4, -0.2) is 40.6 Å². The summed E-state index contributed by atoms with van der Waals surface area (Å²) in [4.78, 5) is 35.8. The molecule has 0 saturated carbocycles. The standard InChI is InChI=1S/C24H23FN2O5/c1-14(7-5-6-10-25)12-27-15(2)20(22(30)24(26)31)21-18(27)11-16-8-3-4-9-17(16)23(21)32-13-19(28)29/h3-9,11H,10,12-13H2,1-2H3,(H2,26,31)(H,28,29)/b6-5-,14-7+. The molecule has 0 spiro atoms. The van der Waals surface area contributed by atoms with Gasteiger partial charge in [-0.25, -0.2) is 9.18 Å². The number of Topliss-reactive ketones (excluding diaryl/α,β-unsaturated/α-hetero) is 1. The summed E-state index contributed by atoms with van der Waals surface area (Å²) in [6, 6.07) is 9.05. The number of carbonyl (C=O) groups is 3. The van der Waals surface area contributed by atoms with E-state index in [9.17, 15) is 18.8 Å². The molecule has 0 aliphatic rings. The van der Waals surface area contributed by atoms with Crippen LogP contribution >= 0.6 is 0 Å². The summed E-state index contributed by atoms with van der Waals surface area (Å²) >= 11 is 0. The molecule has 0 radical (unpaired) electrons. The Hall–Kier alpha value is -3.94. The molecule has 7 nitrogen and oxygen atoms in total. The number of ether oxygens (including phenoxy) is 1. The zero-order chi connectivity index (χ0) is 23.4. The number of alkyl halides is 1. The minimum Gasteiger partial charge on any atom is -0.481 e. The number of hydrogen-bond acceptors (Lipinski definition) is 4. The van der Waals surface area contributed by atoms with Crippen LogP contribution in [0.1, 0.15) is 23.0 Å². The molecule has 0 saturated heterocycles. The minimum absolute atomic E-state index is 0.0748. The Morgan fingerprint density at radius 1 is 1.25 bits per heavy atom. The number of nitrogens with two attached hydrogens (primary N) is 1. The molecule has 0 unspecified atom stereocenters. The minimum atomic E-state index is -1.18. The lowest BCUT2D eigenvalue weighted by molar-refractivity contribution is -0.139. The van der Waals surface area contributed by atoms with Crippen molar-refractivity contribution in [2.24, 2.45) is 5.73 Å². The molecule has 1 aromatic heterocycles. The number of ketones is 1. The monoisotopic (exact) mass is 438 g/mol. The second kappa shape index (κ2) is 9.47. The van der Waals surface area contributed by atoms with Crippen molar-refractivity contribution in [3.63, 3.8) is 0 Å². The molecule has 0 fully saturated rings. The SMILES string of the molecule is C/C(=C\C=C/CF)Cn1c(C)c(C(=O)C(N)=O)c2c(OCC(=O)O)c3ccccc3cc21. The van der Waals surface area contributed by atoms with E-state index in [-0.39, 0.29) is 11.3 Å².